The number of hydrogen-bond acceptors (Lipinski definition) is 3. The lowest BCUT2D eigenvalue weighted by molar-refractivity contribution is 0.232. The van der Waals surface area contributed by atoms with Gasteiger partial charge in [0.25, 0.3) is 0 Å². The Kier molecular flexibility index (Phi) is 6.20. The van der Waals surface area contributed by atoms with E-state index in [2.05, 4.69) is 22.1 Å². The Hall–Kier alpha value is -1.30. The SMILES string of the molecule is NC(CCNC1(c2ccsc2)CCCCC1)Cc1cc(F)cc(F)c1. The third-order valence-corrected chi connectivity index (χ3v) is 5.86. The summed E-state index contributed by atoms with van der Waals surface area (Å²) in [5.41, 5.74) is 8.28. The molecule has 136 valence electrons. The lowest BCUT2D eigenvalue weighted by atomic mass is 9.77. The first-order valence-corrected chi connectivity index (χ1v) is 10.00. The van der Waals surface area contributed by atoms with E-state index in [1.165, 1.54) is 37.0 Å². The van der Waals surface area contributed by atoms with Gasteiger partial charge in [-0.3, -0.25) is 0 Å². The van der Waals surface area contributed by atoms with Gasteiger partial charge in [0.2, 0.25) is 0 Å². The normalized spacial score (nSPS) is 18.2. The summed E-state index contributed by atoms with van der Waals surface area (Å²) in [7, 11) is 0. The topological polar surface area (TPSA) is 38.0 Å². The molecule has 1 unspecified atom stereocenters. The second kappa shape index (κ2) is 8.39. The van der Waals surface area contributed by atoms with Crippen LogP contribution in [-0.4, -0.2) is 12.6 Å². The van der Waals surface area contributed by atoms with Crippen molar-refractivity contribution < 1.29 is 8.78 Å². The molecule has 0 aliphatic heterocycles. The highest BCUT2D eigenvalue weighted by Crippen LogP contribution is 2.38. The number of hydrogen-bond donors (Lipinski definition) is 2. The van der Waals surface area contributed by atoms with E-state index in [0.29, 0.717) is 12.0 Å². The molecule has 0 radical (unpaired) electrons. The van der Waals surface area contributed by atoms with Crippen molar-refractivity contribution in [3.8, 4) is 0 Å². The molecule has 0 saturated heterocycles. The van der Waals surface area contributed by atoms with E-state index in [1.54, 1.807) is 11.3 Å². The lowest BCUT2D eigenvalue weighted by Gasteiger charge is -2.38. The van der Waals surface area contributed by atoms with E-state index in [1.807, 2.05) is 0 Å². The maximum Gasteiger partial charge on any atom is 0.126 e. The van der Waals surface area contributed by atoms with E-state index in [4.69, 9.17) is 5.73 Å². The van der Waals surface area contributed by atoms with Crippen molar-refractivity contribution in [2.24, 2.45) is 5.73 Å². The molecular weight excluding hydrogens is 338 g/mol. The van der Waals surface area contributed by atoms with Crippen molar-refractivity contribution in [1.29, 1.82) is 0 Å². The maximum absolute atomic E-state index is 13.3. The van der Waals surface area contributed by atoms with Crippen molar-refractivity contribution in [2.45, 2.75) is 56.5 Å². The van der Waals surface area contributed by atoms with E-state index >= 15 is 0 Å². The molecule has 5 heteroatoms. The fourth-order valence-electron chi connectivity index (χ4n) is 3.89. The van der Waals surface area contributed by atoms with Gasteiger partial charge in [0.15, 0.2) is 0 Å². The molecule has 1 aromatic carbocycles. The molecule has 1 aliphatic carbocycles. The summed E-state index contributed by atoms with van der Waals surface area (Å²) in [5.74, 6) is -1.09. The highest BCUT2D eigenvalue weighted by molar-refractivity contribution is 7.08. The van der Waals surface area contributed by atoms with E-state index in [9.17, 15) is 8.78 Å². The summed E-state index contributed by atoms with van der Waals surface area (Å²) in [6, 6.07) is 5.73. The Bertz CT molecular complexity index is 646. The van der Waals surface area contributed by atoms with Crippen molar-refractivity contribution in [3.05, 3.63) is 57.8 Å². The molecule has 0 spiro atoms. The molecule has 2 nitrogen and oxygen atoms in total. The molecule has 2 aromatic rings. The number of thiophene rings is 1. The predicted octanol–water partition coefficient (Wildman–Crippen LogP) is 4.74. The third kappa shape index (κ3) is 4.87. The summed E-state index contributed by atoms with van der Waals surface area (Å²) in [6.07, 6.45) is 7.39. The maximum atomic E-state index is 13.3. The third-order valence-electron chi connectivity index (χ3n) is 5.18. The van der Waals surface area contributed by atoms with Crippen LogP contribution in [0, 0.1) is 11.6 Å². The average Bonchev–Trinajstić information content (AvgIpc) is 3.10. The van der Waals surface area contributed by atoms with Gasteiger partial charge in [-0.1, -0.05) is 19.3 Å². The van der Waals surface area contributed by atoms with Crippen LogP contribution in [0.25, 0.3) is 0 Å². The van der Waals surface area contributed by atoms with Crippen molar-refractivity contribution in [3.63, 3.8) is 0 Å². The summed E-state index contributed by atoms with van der Waals surface area (Å²) in [6.45, 7) is 0.814. The molecule has 1 heterocycles. The minimum absolute atomic E-state index is 0.0724. The summed E-state index contributed by atoms with van der Waals surface area (Å²) in [5, 5.41) is 8.14. The van der Waals surface area contributed by atoms with Crippen molar-refractivity contribution in [2.75, 3.05) is 6.54 Å². The highest BCUT2D eigenvalue weighted by atomic mass is 32.1. The fraction of sp³-hybridized carbons (Fsp3) is 0.500. The van der Waals surface area contributed by atoms with Gasteiger partial charge in [0.1, 0.15) is 11.6 Å². The minimum Gasteiger partial charge on any atom is -0.327 e. The van der Waals surface area contributed by atoms with E-state index in [0.717, 1.165) is 31.9 Å². The number of nitrogens with one attached hydrogen (secondary N) is 1. The average molecular weight is 365 g/mol. The molecule has 1 fully saturated rings. The van der Waals surface area contributed by atoms with E-state index < -0.39 is 11.6 Å². The molecule has 0 amide bonds. The zero-order valence-electron chi connectivity index (χ0n) is 14.4. The van der Waals surface area contributed by atoms with Crippen LogP contribution in [0.15, 0.2) is 35.0 Å². The Balaban J connectivity index is 1.55. The summed E-state index contributed by atoms with van der Waals surface area (Å²) >= 11 is 1.74. The minimum atomic E-state index is -0.543. The second-order valence-corrected chi connectivity index (χ2v) is 7.89. The number of nitrogens with two attached hydrogens (primary N) is 1. The Morgan fingerprint density at radius 2 is 1.84 bits per heavy atom. The predicted molar refractivity (Wildman–Crippen MR) is 99.7 cm³/mol. The molecule has 1 atom stereocenters. The number of halogens is 2. The van der Waals surface area contributed by atoms with Gasteiger partial charge in [-0.2, -0.15) is 11.3 Å². The van der Waals surface area contributed by atoms with Crippen LogP contribution < -0.4 is 11.1 Å². The van der Waals surface area contributed by atoms with Crippen molar-refractivity contribution in [1.82, 2.24) is 5.32 Å². The molecule has 0 bridgehead atoms. The molecule has 3 rings (SSSR count). The second-order valence-electron chi connectivity index (χ2n) is 7.11. The molecular formula is C20H26F2N2S. The van der Waals surface area contributed by atoms with Crippen LogP contribution in [-0.2, 0) is 12.0 Å². The lowest BCUT2D eigenvalue weighted by Crippen LogP contribution is -2.45. The molecule has 1 saturated carbocycles. The fourth-order valence-corrected chi connectivity index (χ4v) is 4.64. The molecule has 1 aliphatic rings. The summed E-state index contributed by atoms with van der Waals surface area (Å²) in [4.78, 5) is 0. The van der Waals surface area contributed by atoms with Crippen LogP contribution in [0.5, 0.6) is 0 Å². The monoisotopic (exact) mass is 364 g/mol. The van der Waals surface area contributed by atoms with Crippen LogP contribution in [0.4, 0.5) is 8.78 Å². The summed E-state index contributed by atoms with van der Waals surface area (Å²) < 4.78 is 26.6. The Labute approximate surface area is 152 Å². The standard InChI is InChI=1S/C20H26F2N2S/c21-17-10-15(11-18(22)13-17)12-19(23)4-8-24-20(6-2-1-3-7-20)16-5-9-25-14-16/h5,9-11,13-14,19,24H,1-4,6-8,12,23H2. The highest BCUT2D eigenvalue weighted by Gasteiger charge is 2.33. The van der Waals surface area contributed by atoms with Gasteiger partial charge >= 0.3 is 0 Å². The Morgan fingerprint density at radius 1 is 1.12 bits per heavy atom. The first kappa shape index (κ1) is 18.5. The smallest absolute Gasteiger partial charge is 0.126 e. The molecule has 25 heavy (non-hydrogen) atoms. The van der Waals surface area contributed by atoms with Crippen LogP contribution in [0.1, 0.15) is 49.7 Å². The van der Waals surface area contributed by atoms with Crippen LogP contribution in [0.3, 0.4) is 0 Å². The van der Waals surface area contributed by atoms with Crippen molar-refractivity contribution >= 4 is 11.3 Å². The van der Waals surface area contributed by atoms with Gasteiger partial charge in [-0.15, -0.1) is 0 Å². The van der Waals surface area contributed by atoms with Crippen LogP contribution >= 0.6 is 11.3 Å². The number of benzene rings is 1. The zero-order chi connectivity index (χ0) is 17.7. The Morgan fingerprint density at radius 3 is 2.48 bits per heavy atom. The first-order chi connectivity index (χ1) is 12.1. The quantitative estimate of drug-likeness (QED) is 0.745. The van der Waals surface area contributed by atoms with Gasteiger partial charge in [-0.25, -0.2) is 8.78 Å². The van der Waals surface area contributed by atoms with Gasteiger partial charge in [0, 0.05) is 17.6 Å². The van der Waals surface area contributed by atoms with Crippen LogP contribution in [0.2, 0.25) is 0 Å². The zero-order valence-corrected chi connectivity index (χ0v) is 15.3. The van der Waals surface area contributed by atoms with Gasteiger partial charge in [-0.05, 0) is 72.3 Å². The first-order valence-electron chi connectivity index (χ1n) is 9.06. The number of rotatable bonds is 7. The largest absolute Gasteiger partial charge is 0.327 e. The molecule has 1 aromatic heterocycles. The van der Waals surface area contributed by atoms with E-state index in [-0.39, 0.29) is 11.6 Å². The molecule has 3 N–H and O–H groups in total. The van der Waals surface area contributed by atoms with Gasteiger partial charge in [0.05, 0.1) is 0 Å². The van der Waals surface area contributed by atoms with Gasteiger partial charge < -0.3 is 11.1 Å².